The molecule has 0 aliphatic heterocycles. The van der Waals surface area contributed by atoms with Crippen molar-refractivity contribution >= 4 is 17.9 Å². The second kappa shape index (κ2) is 64.8. The molecule has 79 heavy (non-hydrogen) atoms. The lowest BCUT2D eigenvalue weighted by Gasteiger charge is -2.18. The van der Waals surface area contributed by atoms with Gasteiger partial charge in [-0.2, -0.15) is 0 Å². The lowest BCUT2D eigenvalue weighted by Crippen LogP contribution is -2.30. The summed E-state index contributed by atoms with van der Waals surface area (Å²) in [5.74, 6) is -1.18. The summed E-state index contributed by atoms with van der Waals surface area (Å²) in [7, 11) is 0. The van der Waals surface area contributed by atoms with Gasteiger partial charge in [0.2, 0.25) is 0 Å². The first-order valence-corrected chi connectivity index (χ1v) is 30.9. The molecule has 0 amide bonds. The van der Waals surface area contributed by atoms with Crippen LogP contribution in [0.15, 0.2) is 194 Å². The van der Waals surface area contributed by atoms with E-state index >= 15 is 0 Å². The zero-order valence-electron chi connectivity index (χ0n) is 50.0. The Labute approximate surface area is 484 Å². The standard InChI is InChI=1S/C73H110O6/c1-4-7-10-13-16-19-22-25-27-28-29-30-31-32-33-34-35-36-37-38-39-40-41-42-43-44-46-48-51-54-57-60-63-66-72(75)78-69-70(68-77-71(74)65-62-59-56-53-50-47-24-21-18-15-12-9-6-3)79-73(76)67-64-61-58-55-52-49-45-26-23-20-17-14-11-8-5-2/h7-12,16-21,25-27,29-30,32-33,35-36,38-39,45,47,50,52,55-56,59,61,64,70H,4-6,13-15,22-24,28,31,34,37,40-44,46,48-49,51,53-54,57-58,60,62-63,65-69H2,1-3H3/b10-7-,11-8-,12-9-,19-16-,20-17-,21-18-,27-25-,30-29-,33-32-,36-35-,39-38-,45-26-,50-47-,55-52-,59-56-,64-61-. The largest absolute Gasteiger partial charge is 0.462 e. The molecule has 0 aliphatic carbocycles. The van der Waals surface area contributed by atoms with Crippen molar-refractivity contribution < 1.29 is 28.6 Å². The quantitative estimate of drug-likeness (QED) is 0.0261. The summed E-state index contributed by atoms with van der Waals surface area (Å²) in [5.41, 5.74) is 0. The first-order chi connectivity index (χ1) is 39.0. The van der Waals surface area contributed by atoms with Crippen LogP contribution in [-0.4, -0.2) is 37.2 Å². The maximum absolute atomic E-state index is 12.8. The molecule has 1 atom stereocenters. The number of allylic oxidation sites excluding steroid dienone is 31. The number of carbonyl (C=O) groups excluding carboxylic acids is 3. The molecule has 0 fully saturated rings. The molecule has 0 aliphatic rings. The highest BCUT2D eigenvalue weighted by Gasteiger charge is 2.19. The third-order valence-corrected chi connectivity index (χ3v) is 12.1. The van der Waals surface area contributed by atoms with E-state index in [0.717, 1.165) is 116 Å². The van der Waals surface area contributed by atoms with Crippen molar-refractivity contribution in [1.29, 1.82) is 0 Å². The van der Waals surface area contributed by atoms with Crippen LogP contribution in [0.1, 0.15) is 226 Å². The fraction of sp³-hybridized carbons (Fsp3) is 0.521. The molecule has 0 saturated heterocycles. The van der Waals surface area contributed by atoms with Crippen LogP contribution in [0.2, 0.25) is 0 Å². The second-order valence-corrected chi connectivity index (χ2v) is 19.5. The topological polar surface area (TPSA) is 78.9 Å². The van der Waals surface area contributed by atoms with Gasteiger partial charge in [0, 0.05) is 12.8 Å². The lowest BCUT2D eigenvalue weighted by molar-refractivity contribution is -0.166. The van der Waals surface area contributed by atoms with Crippen LogP contribution in [0.4, 0.5) is 0 Å². The van der Waals surface area contributed by atoms with E-state index in [4.69, 9.17) is 14.2 Å². The molecule has 0 aromatic heterocycles. The van der Waals surface area contributed by atoms with Gasteiger partial charge < -0.3 is 14.2 Å². The van der Waals surface area contributed by atoms with Gasteiger partial charge >= 0.3 is 17.9 Å². The normalized spacial score (nSPS) is 13.5. The van der Waals surface area contributed by atoms with Crippen molar-refractivity contribution in [2.45, 2.75) is 232 Å². The summed E-state index contributed by atoms with van der Waals surface area (Å²) in [6.07, 6.45) is 99.2. The van der Waals surface area contributed by atoms with Crippen molar-refractivity contribution in [3.63, 3.8) is 0 Å². The third kappa shape index (κ3) is 63.0. The minimum Gasteiger partial charge on any atom is -0.462 e. The maximum Gasteiger partial charge on any atom is 0.310 e. The Bertz CT molecular complexity index is 1920. The van der Waals surface area contributed by atoms with Gasteiger partial charge in [-0.15, -0.1) is 0 Å². The van der Waals surface area contributed by atoms with E-state index in [1.165, 1.54) is 57.8 Å². The maximum atomic E-state index is 12.8. The molecule has 6 nitrogen and oxygen atoms in total. The minimum absolute atomic E-state index is 0.0723. The van der Waals surface area contributed by atoms with Crippen LogP contribution in [-0.2, 0) is 28.6 Å². The van der Waals surface area contributed by atoms with Crippen molar-refractivity contribution in [2.75, 3.05) is 13.2 Å². The monoisotopic (exact) mass is 1080 g/mol. The SMILES string of the molecule is CC/C=C\C/C=C\C/C=C\C/C=C\C/C=C\C/C=C\C/C=C\CCCCCCCCCCCCCC(=O)OCC(COC(=O)CC/C=C\C/C=C\C/C=C\C/C=C\CC)OC(=O)C/C=C\C/C=C\C/C=C\C/C=C\C/C=C\CC. The van der Waals surface area contributed by atoms with Crippen molar-refractivity contribution in [3.8, 4) is 0 Å². The molecule has 1 unspecified atom stereocenters. The Morgan fingerprint density at radius 2 is 0.519 bits per heavy atom. The zero-order chi connectivity index (χ0) is 57.1. The summed E-state index contributed by atoms with van der Waals surface area (Å²) in [6.45, 7) is 6.12. The van der Waals surface area contributed by atoms with Crippen LogP contribution in [0.3, 0.4) is 0 Å². The number of carbonyl (C=O) groups is 3. The van der Waals surface area contributed by atoms with Crippen LogP contribution in [0.25, 0.3) is 0 Å². The van der Waals surface area contributed by atoms with Gasteiger partial charge in [-0.1, -0.05) is 273 Å². The Morgan fingerprint density at radius 3 is 0.848 bits per heavy atom. The molecule has 0 N–H and O–H groups in total. The molecule has 0 spiro atoms. The summed E-state index contributed by atoms with van der Waals surface area (Å²) in [4.78, 5) is 38.1. The number of hydrogen-bond donors (Lipinski definition) is 0. The van der Waals surface area contributed by atoms with Crippen LogP contribution < -0.4 is 0 Å². The molecular formula is C73H110O6. The van der Waals surface area contributed by atoms with Gasteiger partial charge in [-0.05, 0) is 128 Å². The number of hydrogen-bond acceptors (Lipinski definition) is 6. The lowest BCUT2D eigenvalue weighted by atomic mass is 10.0. The highest BCUT2D eigenvalue weighted by molar-refractivity contribution is 5.72. The summed E-state index contributed by atoms with van der Waals surface area (Å²) in [6, 6.07) is 0. The van der Waals surface area contributed by atoms with E-state index in [2.05, 4.69) is 191 Å². The van der Waals surface area contributed by atoms with Crippen molar-refractivity contribution in [1.82, 2.24) is 0 Å². The minimum atomic E-state index is -0.873. The molecule has 0 aromatic carbocycles. The first kappa shape index (κ1) is 73.2. The molecule has 0 heterocycles. The Balaban J connectivity index is 4.36. The van der Waals surface area contributed by atoms with Gasteiger partial charge in [-0.3, -0.25) is 14.4 Å². The van der Waals surface area contributed by atoms with Crippen LogP contribution in [0.5, 0.6) is 0 Å². The molecule has 0 bridgehead atoms. The summed E-state index contributed by atoms with van der Waals surface area (Å²) >= 11 is 0. The summed E-state index contributed by atoms with van der Waals surface area (Å²) in [5, 5.41) is 0. The number of unbranched alkanes of at least 4 members (excludes halogenated alkanes) is 11. The predicted molar refractivity (Wildman–Crippen MR) is 343 cm³/mol. The fourth-order valence-corrected chi connectivity index (χ4v) is 7.63. The van der Waals surface area contributed by atoms with Crippen LogP contribution >= 0.6 is 0 Å². The second-order valence-electron chi connectivity index (χ2n) is 19.5. The van der Waals surface area contributed by atoms with Gasteiger partial charge in [0.25, 0.3) is 0 Å². The van der Waals surface area contributed by atoms with E-state index < -0.39 is 12.1 Å². The molecular weight excluding hydrogens is 973 g/mol. The molecule has 6 heteroatoms. The number of rotatable bonds is 53. The Hall–Kier alpha value is -5.75. The molecule has 0 aromatic rings. The van der Waals surface area contributed by atoms with Crippen molar-refractivity contribution in [2.24, 2.45) is 0 Å². The molecule has 0 rings (SSSR count). The first-order valence-electron chi connectivity index (χ1n) is 30.9. The van der Waals surface area contributed by atoms with E-state index in [-0.39, 0.29) is 38.0 Å². The molecule has 0 radical (unpaired) electrons. The van der Waals surface area contributed by atoms with Crippen LogP contribution in [0, 0.1) is 0 Å². The van der Waals surface area contributed by atoms with E-state index in [1.807, 2.05) is 18.2 Å². The molecule has 0 saturated carbocycles. The summed E-state index contributed by atoms with van der Waals surface area (Å²) < 4.78 is 16.7. The fourth-order valence-electron chi connectivity index (χ4n) is 7.63. The number of ether oxygens (including phenoxy) is 3. The van der Waals surface area contributed by atoms with E-state index in [0.29, 0.717) is 19.3 Å². The van der Waals surface area contributed by atoms with Gasteiger partial charge in [0.05, 0.1) is 6.42 Å². The average molecular weight is 1080 g/mol. The predicted octanol–water partition coefficient (Wildman–Crippen LogP) is 21.4. The van der Waals surface area contributed by atoms with Crippen molar-refractivity contribution in [3.05, 3.63) is 194 Å². The average Bonchev–Trinajstić information content (AvgIpc) is 3.45. The zero-order valence-corrected chi connectivity index (χ0v) is 50.0. The third-order valence-electron chi connectivity index (χ3n) is 12.1. The van der Waals surface area contributed by atoms with Gasteiger partial charge in [0.1, 0.15) is 13.2 Å². The smallest absolute Gasteiger partial charge is 0.310 e. The van der Waals surface area contributed by atoms with Gasteiger partial charge in [0.15, 0.2) is 6.10 Å². The highest BCUT2D eigenvalue weighted by Crippen LogP contribution is 2.14. The van der Waals surface area contributed by atoms with Gasteiger partial charge in [-0.25, -0.2) is 0 Å². The Kier molecular flexibility index (Phi) is 60.1. The van der Waals surface area contributed by atoms with E-state index in [1.54, 1.807) is 6.08 Å². The highest BCUT2D eigenvalue weighted by atomic mass is 16.6. The Morgan fingerprint density at radius 1 is 0.266 bits per heavy atom. The number of esters is 3. The molecule has 438 valence electrons. The van der Waals surface area contributed by atoms with E-state index in [9.17, 15) is 14.4 Å².